The first-order chi connectivity index (χ1) is 9.43. The molecular formula is C17H17NO. The summed E-state index contributed by atoms with van der Waals surface area (Å²) in [5, 5.41) is 0. The second-order valence-corrected chi connectivity index (χ2v) is 4.73. The highest BCUT2D eigenvalue weighted by atomic mass is 16.5. The van der Waals surface area contributed by atoms with Crippen molar-refractivity contribution in [3.8, 4) is 0 Å². The Balaban J connectivity index is 2.01. The van der Waals surface area contributed by atoms with E-state index in [0.29, 0.717) is 0 Å². The first-order valence-electron chi connectivity index (χ1n) is 6.70. The van der Waals surface area contributed by atoms with E-state index in [1.165, 1.54) is 11.1 Å². The first kappa shape index (κ1) is 12.1. The van der Waals surface area contributed by atoms with Gasteiger partial charge in [-0.1, -0.05) is 60.7 Å². The van der Waals surface area contributed by atoms with Crippen molar-refractivity contribution in [2.24, 2.45) is 4.99 Å². The molecule has 1 atom stereocenters. The molecule has 0 aliphatic carbocycles. The van der Waals surface area contributed by atoms with E-state index in [1.807, 2.05) is 12.1 Å². The van der Waals surface area contributed by atoms with E-state index in [2.05, 4.69) is 48.5 Å². The smallest absolute Gasteiger partial charge is 0.0762 e. The molecule has 1 saturated heterocycles. The molecule has 0 bridgehead atoms. The van der Waals surface area contributed by atoms with Gasteiger partial charge in [0.05, 0.1) is 18.4 Å². The average molecular weight is 252 g/mol. The van der Waals surface area contributed by atoms with Gasteiger partial charge in [0.2, 0.25) is 0 Å². The van der Waals surface area contributed by atoms with Crippen molar-refractivity contribution in [3.63, 3.8) is 0 Å². The van der Waals surface area contributed by atoms with Crippen LogP contribution < -0.4 is 0 Å². The van der Waals surface area contributed by atoms with Crippen LogP contribution in [-0.4, -0.2) is 25.0 Å². The SMILES string of the molecule is c1ccc(C(=[15N]C2CCOC2)c2ccccc2)cc1. The third-order valence-electron chi connectivity index (χ3n) is 3.31. The Bertz CT molecular complexity index is 500. The number of benzene rings is 2. The number of hydrogen-bond donors (Lipinski definition) is 0. The molecule has 19 heavy (non-hydrogen) atoms. The topological polar surface area (TPSA) is 21.6 Å². The summed E-state index contributed by atoms with van der Waals surface area (Å²) in [6.45, 7) is 1.56. The quantitative estimate of drug-likeness (QED) is 0.606. The van der Waals surface area contributed by atoms with E-state index >= 15 is 0 Å². The van der Waals surface area contributed by atoms with Crippen molar-refractivity contribution in [1.82, 2.24) is 0 Å². The van der Waals surface area contributed by atoms with Crippen LogP contribution in [0.3, 0.4) is 0 Å². The third kappa shape index (κ3) is 2.91. The van der Waals surface area contributed by atoms with Crippen LogP contribution in [0.5, 0.6) is 0 Å². The summed E-state index contributed by atoms with van der Waals surface area (Å²) in [6, 6.07) is 21.0. The van der Waals surface area contributed by atoms with Gasteiger partial charge in [0.25, 0.3) is 0 Å². The van der Waals surface area contributed by atoms with E-state index in [9.17, 15) is 0 Å². The minimum Gasteiger partial charge on any atom is -0.379 e. The van der Waals surface area contributed by atoms with Crippen molar-refractivity contribution in [2.75, 3.05) is 13.2 Å². The summed E-state index contributed by atoms with van der Waals surface area (Å²) < 4.78 is 5.42. The summed E-state index contributed by atoms with van der Waals surface area (Å²) in [7, 11) is 0. The fraction of sp³-hybridized carbons (Fsp3) is 0.235. The van der Waals surface area contributed by atoms with Gasteiger partial charge < -0.3 is 4.74 Å². The second kappa shape index (κ2) is 5.81. The van der Waals surface area contributed by atoms with Crippen LogP contribution in [0.1, 0.15) is 17.5 Å². The van der Waals surface area contributed by atoms with Crippen LogP contribution in [0.2, 0.25) is 0 Å². The van der Waals surface area contributed by atoms with Gasteiger partial charge in [-0.05, 0) is 6.42 Å². The van der Waals surface area contributed by atoms with E-state index in [-0.39, 0.29) is 6.04 Å². The summed E-state index contributed by atoms with van der Waals surface area (Å²) in [5.74, 6) is 0. The summed E-state index contributed by atoms with van der Waals surface area (Å²) in [6.07, 6.45) is 1.02. The molecule has 2 heteroatoms. The number of ether oxygens (including phenoxy) is 1. The Morgan fingerprint density at radius 1 is 0.895 bits per heavy atom. The van der Waals surface area contributed by atoms with Gasteiger partial charge in [-0.15, -0.1) is 0 Å². The van der Waals surface area contributed by atoms with Gasteiger partial charge in [-0.25, -0.2) is 0 Å². The second-order valence-electron chi connectivity index (χ2n) is 4.73. The van der Waals surface area contributed by atoms with Crippen LogP contribution in [0.4, 0.5) is 0 Å². The zero-order valence-electron chi connectivity index (χ0n) is 10.8. The van der Waals surface area contributed by atoms with Crippen LogP contribution in [-0.2, 0) is 4.74 Å². The molecule has 2 aromatic carbocycles. The molecule has 1 aliphatic rings. The monoisotopic (exact) mass is 252 g/mol. The highest BCUT2D eigenvalue weighted by Crippen LogP contribution is 2.15. The molecule has 1 fully saturated rings. The van der Waals surface area contributed by atoms with Crippen LogP contribution in [0, 0.1) is 0 Å². The lowest BCUT2D eigenvalue weighted by molar-refractivity contribution is 0.194. The predicted octanol–water partition coefficient (Wildman–Crippen LogP) is 3.31. The van der Waals surface area contributed by atoms with E-state index in [0.717, 1.165) is 25.3 Å². The van der Waals surface area contributed by atoms with Gasteiger partial charge in [-0.3, -0.25) is 4.99 Å². The van der Waals surface area contributed by atoms with Crippen molar-refractivity contribution >= 4 is 5.71 Å². The van der Waals surface area contributed by atoms with Crippen molar-refractivity contribution in [2.45, 2.75) is 12.5 Å². The molecule has 96 valence electrons. The Hall–Kier alpha value is -1.93. The lowest BCUT2D eigenvalue weighted by atomic mass is 10.0. The Morgan fingerprint density at radius 2 is 1.47 bits per heavy atom. The van der Waals surface area contributed by atoms with E-state index in [4.69, 9.17) is 9.73 Å². The van der Waals surface area contributed by atoms with E-state index in [1.54, 1.807) is 0 Å². The standard InChI is InChI=1S/C17H17NO/c1-3-7-14(8-4-1)17(15-9-5-2-6-10-15)18-16-11-12-19-13-16/h1-10,16H,11-13H2/i18+1. The Kier molecular flexibility index (Phi) is 3.70. The average Bonchev–Trinajstić information content (AvgIpc) is 3.00. The molecule has 0 saturated carbocycles. The molecule has 3 rings (SSSR count). The van der Waals surface area contributed by atoms with Gasteiger partial charge in [0, 0.05) is 17.7 Å². The normalized spacial score (nSPS) is 18.2. The zero-order valence-corrected chi connectivity index (χ0v) is 10.8. The summed E-state index contributed by atoms with van der Waals surface area (Å²) in [4.78, 5) is 4.91. The first-order valence-corrected chi connectivity index (χ1v) is 6.70. The van der Waals surface area contributed by atoms with Crippen LogP contribution >= 0.6 is 0 Å². The Morgan fingerprint density at radius 3 is 1.95 bits per heavy atom. The molecule has 1 aliphatic heterocycles. The molecule has 0 radical (unpaired) electrons. The predicted molar refractivity (Wildman–Crippen MR) is 77.7 cm³/mol. The zero-order chi connectivity index (χ0) is 12.9. The minimum atomic E-state index is 0.287. The van der Waals surface area contributed by atoms with Crippen molar-refractivity contribution in [3.05, 3.63) is 71.8 Å². The summed E-state index contributed by atoms with van der Waals surface area (Å²) in [5.41, 5.74) is 3.40. The van der Waals surface area contributed by atoms with Crippen LogP contribution in [0.25, 0.3) is 0 Å². The number of hydrogen-bond acceptors (Lipinski definition) is 2. The molecular weight excluding hydrogens is 235 g/mol. The molecule has 1 unspecified atom stereocenters. The molecule has 2 aromatic rings. The number of rotatable bonds is 3. The van der Waals surface area contributed by atoms with Crippen LogP contribution in [0.15, 0.2) is 65.7 Å². The van der Waals surface area contributed by atoms with Gasteiger partial charge in [-0.2, -0.15) is 0 Å². The van der Waals surface area contributed by atoms with Gasteiger partial charge >= 0.3 is 0 Å². The lowest BCUT2D eigenvalue weighted by Crippen LogP contribution is -2.11. The third-order valence-corrected chi connectivity index (χ3v) is 3.31. The highest BCUT2D eigenvalue weighted by Gasteiger charge is 2.16. The fourth-order valence-corrected chi connectivity index (χ4v) is 2.31. The van der Waals surface area contributed by atoms with E-state index < -0.39 is 0 Å². The maximum Gasteiger partial charge on any atom is 0.0762 e. The molecule has 0 amide bonds. The van der Waals surface area contributed by atoms with Crippen molar-refractivity contribution in [1.29, 1.82) is 0 Å². The fourth-order valence-electron chi connectivity index (χ4n) is 2.31. The Labute approximate surface area is 113 Å². The van der Waals surface area contributed by atoms with Crippen molar-refractivity contribution < 1.29 is 4.74 Å². The molecule has 2 nitrogen and oxygen atoms in total. The lowest BCUT2D eigenvalue weighted by Gasteiger charge is -2.10. The highest BCUT2D eigenvalue weighted by molar-refractivity contribution is 6.12. The molecule has 0 spiro atoms. The van der Waals surface area contributed by atoms with Gasteiger partial charge in [0.15, 0.2) is 0 Å². The molecule has 0 aromatic heterocycles. The summed E-state index contributed by atoms with van der Waals surface area (Å²) >= 11 is 0. The molecule has 1 heterocycles. The largest absolute Gasteiger partial charge is 0.379 e. The minimum absolute atomic E-state index is 0.287. The number of nitrogens with zero attached hydrogens (tertiary/aromatic N) is 1. The maximum atomic E-state index is 5.42. The van der Waals surface area contributed by atoms with Gasteiger partial charge in [0.1, 0.15) is 0 Å². The number of aliphatic imine (C=N–C) groups is 1. The molecule has 0 N–H and O–H groups in total. The maximum absolute atomic E-state index is 5.42.